The zero-order valence-electron chi connectivity index (χ0n) is 13.4. The van der Waals surface area contributed by atoms with Crippen molar-refractivity contribution in [2.24, 2.45) is 5.92 Å². The van der Waals surface area contributed by atoms with Crippen molar-refractivity contribution in [3.8, 4) is 5.75 Å². The molecule has 1 aliphatic heterocycles. The van der Waals surface area contributed by atoms with Crippen molar-refractivity contribution < 1.29 is 14.6 Å². The Morgan fingerprint density at radius 2 is 2.00 bits per heavy atom. The first-order chi connectivity index (χ1) is 10.6. The molecule has 1 aliphatic rings. The Bertz CT molecular complexity index is 465. The predicted octanol–water partition coefficient (Wildman–Crippen LogP) is 2.04. The van der Waals surface area contributed by atoms with Crippen LogP contribution in [0.25, 0.3) is 0 Å². The molecule has 0 spiro atoms. The zero-order valence-corrected chi connectivity index (χ0v) is 13.4. The van der Waals surface area contributed by atoms with Crippen molar-refractivity contribution >= 4 is 6.03 Å². The second kappa shape index (κ2) is 8.03. The number of likely N-dealkylation sites (tertiary alicyclic amines) is 1. The number of benzene rings is 1. The van der Waals surface area contributed by atoms with Crippen molar-refractivity contribution in [1.82, 2.24) is 10.2 Å². The molecule has 0 saturated carbocycles. The van der Waals surface area contributed by atoms with Gasteiger partial charge in [0.2, 0.25) is 0 Å². The lowest BCUT2D eigenvalue weighted by atomic mass is 9.92. The average Bonchev–Trinajstić information content (AvgIpc) is 2.55. The number of piperidine rings is 1. The molecule has 22 heavy (non-hydrogen) atoms. The maximum absolute atomic E-state index is 12.1. The molecule has 1 atom stereocenters. The number of hydrogen-bond donors (Lipinski definition) is 2. The molecule has 1 aromatic rings. The fourth-order valence-electron chi connectivity index (χ4n) is 2.80. The highest BCUT2D eigenvalue weighted by atomic mass is 16.5. The van der Waals surface area contributed by atoms with Crippen LogP contribution in [0.5, 0.6) is 5.75 Å². The van der Waals surface area contributed by atoms with E-state index in [-0.39, 0.29) is 12.1 Å². The van der Waals surface area contributed by atoms with E-state index >= 15 is 0 Å². The summed E-state index contributed by atoms with van der Waals surface area (Å²) in [5.41, 5.74) is 1.17. The fourth-order valence-corrected chi connectivity index (χ4v) is 2.80. The summed E-state index contributed by atoms with van der Waals surface area (Å²) in [5, 5.41) is 12.5. The van der Waals surface area contributed by atoms with Gasteiger partial charge in [0.15, 0.2) is 0 Å². The molecule has 1 fully saturated rings. The van der Waals surface area contributed by atoms with Gasteiger partial charge in [-0.3, -0.25) is 0 Å². The summed E-state index contributed by atoms with van der Waals surface area (Å²) in [6.07, 6.45) is 2.28. The number of urea groups is 1. The Balaban J connectivity index is 1.69. The Morgan fingerprint density at radius 1 is 1.36 bits per heavy atom. The minimum absolute atomic E-state index is 0.00226. The summed E-state index contributed by atoms with van der Waals surface area (Å²) >= 11 is 0. The minimum Gasteiger partial charge on any atom is -0.497 e. The zero-order chi connectivity index (χ0) is 15.9. The number of ether oxygens (including phenoxy) is 1. The van der Waals surface area contributed by atoms with Crippen molar-refractivity contribution in [3.05, 3.63) is 29.8 Å². The molecule has 0 bridgehead atoms. The van der Waals surface area contributed by atoms with E-state index in [1.807, 2.05) is 36.1 Å². The molecule has 122 valence electrons. The Labute approximate surface area is 132 Å². The maximum atomic E-state index is 12.1. The van der Waals surface area contributed by atoms with Crippen LogP contribution in [-0.4, -0.2) is 48.9 Å². The predicted molar refractivity (Wildman–Crippen MR) is 86.1 cm³/mol. The SMILES string of the molecule is COc1ccc(CCNC(=O)N2CCC(C(C)O)CC2)cc1. The van der Waals surface area contributed by atoms with Crippen LogP contribution in [0.3, 0.4) is 0 Å². The summed E-state index contributed by atoms with van der Waals surface area (Å²) in [6, 6.07) is 7.88. The van der Waals surface area contributed by atoms with Crippen molar-refractivity contribution in [3.63, 3.8) is 0 Å². The van der Waals surface area contributed by atoms with Crippen LogP contribution in [-0.2, 0) is 6.42 Å². The maximum Gasteiger partial charge on any atom is 0.317 e. The van der Waals surface area contributed by atoms with Crippen LogP contribution >= 0.6 is 0 Å². The highest BCUT2D eigenvalue weighted by Gasteiger charge is 2.25. The van der Waals surface area contributed by atoms with Gasteiger partial charge in [-0.05, 0) is 49.8 Å². The summed E-state index contributed by atoms with van der Waals surface area (Å²) < 4.78 is 5.12. The van der Waals surface area contributed by atoms with Crippen molar-refractivity contribution in [2.75, 3.05) is 26.7 Å². The smallest absolute Gasteiger partial charge is 0.317 e. The molecule has 1 saturated heterocycles. The van der Waals surface area contributed by atoms with Crippen LogP contribution in [0.2, 0.25) is 0 Å². The molecular weight excluding hydrogens is 280 g/mol. The van der Waals surface area contributed by atoms with Gasteiger partial charge in [0, 0.05) is 19.6 Å². The van der Waals surface area contributed by atoms with E-state index in [0.29, 0.717) is 12.5 Å². The van der Waals surface area contributed by atoms with Gasteiger partial charge in [0.05, 0.1) is 13.2 Å². The third kappa shape index (κ3) is 4.63. The number of nitrogens with one attached hydrogen (secondary N) is 1. The number of methoxy groups -OCH3 is 1. The van der Waals surface area contributed by atoms with E-state index in [1.54, 1.807) is 7.11 Å². The van der Waals surface area contributed by atoms with Crippen molar-refractivity contribution in [1.29, 1.82) is 0 Å². The van der Waals surface area contributed by atoms with Gasteiger partial charge in [0.25, 0.3) is 0 Å². The molecule has 1 heterocycles. The highest BCUT2D eigenvalue weighted by molar-refractivity contribution is 5.74. The summed E-state index contributed by atoms with van der Waals surface area (Å²) in [6.45, 7) is 3.91. The number of aliphatic hydroxyl groups excluding tert-OH is 1. The van der Waals surface area contributed by atoms with E-state index < -0.39 is 0 Å². The number of nitrogens with zero attached hydrogens (tertiary/aromatic N) is 1. The second-order valence-corrected chi connectivity index (χ2v) is 5.90. The van der Waals surface area contributed by atoms with Crippen LogP contribution in [0.1, 0.15) is 25.3 Å². The van der Waals surface area contributed by atoms with Crippen LogP contribution in [0.4, 0.5) is 4.79 Å². The molecule has 5 heteroatoms. The van der Waals surface area contributed by atoms with E-state index in [1.165, 1.54) is 5.56 Å². The van der Waals surface area contributed by atoms with Gasteiger partial charge in [-0.15, -0.1) is 0 Å². The molecule has 2 N–H and O–H groups in total. The summed E-state index contributed by atoms with van der Waals surface area (Å²) in [5.74, 6) is 1.16. The normalized spacial score (nSPS) is 17.1. The van der Waals surface area contributed by atoms with E-state index in [9.17, 15) is 9.90 Å². The molecule has 5 nitrogen and oxygen atoms in total. The number of amides is 2. The molecule has 2 rings (SSSR count). The van der Waals surface area contributed by atoms with Gasteiger partial charge >= 0.3 is 6.03 Å². The largest absolute Gasteiger partial charge is 0.497 e. The molecule has 1 aromatic carbocycles. The van der Waals surface area contributed by atoms with E-state index in [4.69, 9.17) is 4.74 Å². The Kier molecular flexibility index (Phi) is 6.07. The van der Waals surface area contributed by atoms with Crippen LogP contribution in [0.15, 0.2) is 24.3 Å². The number of carbonyl (C=O) groups is 1. The fraction of sp³-hybridized carbons (Fsp3) is 0.588. The monoisotopic (exact) mass is 306 g/mol. The number of rotatable bonds is 5. The lowest BCUT2D eigenvalue weighted by molar-refractivity contribution is 0.0799. The Hall–Kier alpha value is -1.75. The minimum atomic E-state index is -0.278. The average molecular weight is 306 g/mol. The third-order valence-electron chi connectivity index (χ3n) is 4.36. The van der Waals surface area contributed by atoms with Gasteiger partial charge in [-0.25, -0.2) is 4.79 Å². The van der Waals surface area contributed by atoms with Crippen LogP contribution in [0, 0.1) is 5.92 Å². The first-order valence-electron chi connectivity index (χ1n) is 7.94. The third-order valence-corrected chi connectivity index (χ3v) is 4.36. The summed E-state index contributed by atoms with van der Waals surface area (Å²) in [7, 11) is 1.65. The van der Waals surface area contributed by atoms with Crippen LogP contribution < -0.4 is 10.1 Å². The second-order valence-electron chi connectivity index (χ2n) is 5.90. The molecule has 0 radical (unpaired) electrons. The Morgan fingerprint density at radius 3 is 2.55 bits per heavy atom. The topological polar surface area (TPSA) is 61.8 Å². The number of hydrogen-bond acceptors (Lipinski definition) is 3. The summed E-state index contributed by atoms with van der Waals surface area (Å²) in [4.78, 5) is 13.9. The standard InChI is InChI=1S/C17H26N2O3/c1-13(20)15-8-11-19(12-9-15)17(21)18-10-7-14-3-5-16(22-2)6-4-14/h3-6,13,15,20H,7-12H2,1-2H3,(H,18,21). The van der Waals surface area contributed by atoms with Gasteiger partial charge in [-0.1, -0.05) is 12.1 Å². The number of carbonyl (C=O) groups excluding carboxylic acids is 1. The highest BCUT2D eigenvalue weighted by Crippen LogP contribution is 2.20. The van der Waals surface area contributed by atoms with Crippen molar-refractivity contribution in [2.45, 2.75) is 32.3 Å². The lowest BCUT2D eigenvalue weighted by Crippen LogP contribution is -2.46. The van der Waals surface area contributed by atoms with Gasteiger partial charge in [0.1, 0.15) is 5.75 Å². The van der Waals surface area contributed by atoms with E-state index in [0.717, 1.165) is 38.1 Å². The van der Waals surface area contributed by atoms with E-state index in [2.05, 4.69) is 5.32 Å². The quantitative estimate of drug-likeness (QED) is 0.875. The molecule has 0 aliphatic carbocycles. The number of aliphatic hydroxyl groups is 1. The molecule has 1 unspecified atom stereocenters. The van der Waals surface area contributed by atoms with Gasteiger partial charge in [-0.2, -0.15) is 0 Å². The molecule has 0 aromatic heterocycles. The molecule has 2 amide bonds. The molecular formula is C17H26N2O3. The van der Waals surface area contributed by atoms with Gasteiger partial charge < -0.3 is 20.1 Å². The first-order valence-corrected chi connectivity index (χ1v) is 7.94. The first kappa shape index (κ1) is 16.6. The lowest BCUT2D eigenvalue weighted by Gasteiger charge is -2.33.